The van der Waals surface area contributed by atoms with E-state index in [1.807, 2.05) is 13.8 Å². The second kappa shape index (κ2) is 5.31. The number of carbonyl (C=O) groups is 1. The molecule has 0 aliphatic carbocycles. The molecule has 1 N–H and O–H groups in total. The van der Waals surface area contributed by atoms with Gasteiger partial charge in [0.2, 0.25) is 10.0 Å². The zero-order chi connectivity index (χ0) is 13.1. The highest BCUT2D eigenvalue weighted by molar-refractivity contribution is 7.92. The van der Waals surface area contributed by atoms with Crippen LogP contribution in [0.2, 0.25) is 0 Å². The summed E-state index contributed by atoms with van der Waals surface area (Å²) in [6.07, 6.45) is 0. The molecule has 4 nitrogen and oxygen atoms in total. The fourth-order valence-corrected chi connectivity index (χ4v) is 2.89. The third-order valence-electron chi connectivity index (χ3n) is 2.12. The van der Waals surface area contributed by atoms with Crippen molar-refractivity contribution in [1.29, 1.82) is 0 Å². The molecule has 0 fully saturated rings. The van der Waals surface area contributed by atoms with Crippen LogP contribution in [0.15, 0.2) is 24.3 Å². The van der Waals surface area contributed by atoms with Gasteiger partial charge in [-0.3, -0.25) is 9.52 Å². The van der Waals surface area contributed by atoms with E-state index < -0.39 is 10.0 Å². The van der Waals surface area contributed by atoms with Crippen molar-refractivity contribution >= 4 is 21.5 Å². The Morgan fingerprint density at radius 3 is 2.18 bits per heavy atom. The third-order valence-corrected chi connectivity index (χ3v) is 3.77. The van der Waals surface area contributed by atoms with Gasteiger partial charge in [-0.2, -0.15) is 0 Å². The summed E-state index contributed by atoms with van der Waals surface area (Å²) >= 11 is 0. The molecule has 17 heavy (non-hydrogen) atoms. The maximum atomic E-state index is 11.7. The van der Waals surface area contributed by atoms with Crippen molar-refractivity contribution in [3.63, 3.8) is 0 Å². The van der Waals surface area contributed by atoms with E-state index in [2.05, 4.69) is 4.72 Å². The number of rotatable bonds is 5. The molecular formula is C12H17NO3S. The van der Waals surface area contributed by atoms with Crippen LogP contribution >= 0.6 is 0 Å². The molecule has 0 bridgehead atoms. The molecule has 1 aromatic carbocycles. The molecule has 1 rings (SSSR count). The molecule has 0 aliphatic heterocycles. The Morgan fingerprint density at radius 2 is 1.76 bits per heavy atom. The van der Waals surface area contributed by atoms with Gasteiger partial charge in [0.05, 0.1) is 5.75 Å². The minimum absolute atomic E-state index is 0.0402. The SMILES string of the molecule is CC(=O)c1ccc(NS(=O)(=O)CC(C)C)cc1. The summed E-state index contributed by atoms with van der Waals surface area (Å²) in [6, 6.07) is 6.40. The Hall–Kier alpha value is -1.36. The Morgan fingerprint density at radius 1 is 1.24 bits per heavy atom. The lowest BCUT2D eigenvalue weighted by atomic mass is 10.1. The van der Waals surface area contributed by atoms with Crippen molar-refractivity contribution in [3.8, 4) is 0 Å². The summed E-state index contributed by atoms with van der Waals surface area (Å²) in [5.41, 5.74) is 1.05. The molecule has 0 spiro atoms. The van der Waals surface area contributed by atoms with Crippen LogP contribution in [0.4, 0.5) is 5.69 Å². The Balaban J connectivity index is 2.79. The number of ketones is 1. The Labute approximate surface area is 102 Å². The molecule has 0 aliphatic rings. The average Bonchev–Trinajstić information content (AvgIpc) is 2.15. The Bertz CT molecular complexity index is 489. The molecule has 0 saturated carbocycles. The number of carbonyl (C=O) groups excluding carboxylic acids is 1. The lowest BCUT2D eigenvalue weighted by Gasteiger charge is -2.09. The molecule has 0 unspecified atom stereocenters. The second-order valence-corrected chi connectivity index (χ2v) is 6.18. The van der Waals surface area contributed by atoms with Gasteiger partial charge in [-0.25, -0.2) is 8.42 Å². The van der Waals surface area contributed by atoms with Crippen molar-refractivity contribution in [2.45, 2.75) is 20.8 Å². The largest absolute Gasteiger partial charge is 0.295 e. The molecule has 0 atom stereocenters. The van der Waals surface area contributed by atoms with Gasteiger partial charge in [-0.15, -0.1) is 0 Å². The van der Waals surface area contributed by atoms with Crippen LogP contribution in [0.5, 0.6) is 0 Å². The van der Waals surface area contributed by atoms with E-state index in [9.17, 15) is 13.2 Å². The van der Waals surface area contributed by atoms with Crippen molar-refractivity contribution < 1.29 is 13.2 Å². The summed E-state index contributed by atoms with van der Waals surface area (Å²) in [4.78, 5) is 11.0. The fraction of sp³-hybridized carbons (Fsp3) is 0.417. The van der Waals surface area contributed by atoms with Crippen LogP contribution in [0.25, 0.3) is 0 Å². The van der Waals surface area contributed by atoms with Crippen LogP contribution in [0.3, 0.4) is 0 Å². The number of benzene rings is 1. The fourth-order valence-electron chi connectivity index (χ4n) is 1.43. The van der Waals surface area contributed by atoms with E-state index in [0.717, 1.165) is 0 Å². The number of hydrogen-bond acceptors (Lipinski definition) is 3. The number of anilines is 1. The van der Waals surface area contributed by atoms with Crippen LogP contribution in [-0.4, -0.2) is 20.0 Å². The number of hydrogen-bond donors (Lipinski definition) is 1. The first-order chi connectivity index (χ1) is 7.80. The maximum absolute atomic E-state index is 11.7. The van der Waals surface area contributed by atoms with Crippen molar-refractivity contribution in [3.05, 3.63) is 29.8 Å². The second-order valence-electron chi connectivity index (χ2n) is 4.41. The summed E-state index contributed by atoms with van der Waals surface area (Å²) in [5, 5.41) is 0. The van der Waals surface area contributed by atoms with Gasteiger partial charge >= 0.3 is 0 Å². The Kier molecular flexibility index (Phi) is 4.28. The molecule has 94 valence electrons. The van der Waals surface area contributed by atoms with Crippen molar-refractivity contribution in [2.24, 2.45) is 5.92 Å². The van der Waals surface area contributed by atoms with Crippen molar-refractivity contribution in [1.82, 2.24) is 0 Å². The molecule has 1 aromatic rings. The quantitative estimate of drug-likeness (QED) is 0.821. The van der Waals surface area contributed by atoms with E-state index in [1.54, 1.807) is 24.3 Å². The van der Waals surface area contributed by atoms with Crippen LogP contribution in [0, 0.1) is 5.92 Å². The zero-order valence-electron chi connectivity index (χ0n) is 10.2. The predicted molar refractivity (Wildman–Crippen MR) is 68.7 cm³/mol. The monoisotopic (exact) mass is 255 g/mol. The van der Waals surface area contributed by atoms with Gasteiger partial charge in [0.25, 0.3) is 0 Å². The van der Waals surface area contributed by atoms with E-state index >= 15 is 0 Å². The highest BCUT2D eigenvalue weighted by atomic mass is 32.2. The molecule has 0 saturated heterocycles. The normalized spacial score (nSPS) is 11.5. The van der Waals surface area contributed by atoms with Crippen LogP contribution in [0.1, 0.15) is 31.1 Å². The molecule has 0 aromatic heterocycles. The topological polar surface area (TPSA) is 63.2 Å². The number of sulfonamides is 1. The van der Waals surface area contributed by atoms with E-state index in [0.29, 0.717) is 11.3 Å². The highest BCUT2D eigenvalue weighted by Gasteiger charge is 2.12. The summed E-state index contributed by atoms with van der Waals surface area (Å²) in [5.74, 6) is 0.118. The smallest absolute Gasteiger partial charge is 0.232 e. The van der Waals surface area contributed by atoms with E-state index in [-0.39, 0.29) is 17.5 Å². The summed E-state index contributed by atoms with van der Waals surface area (Å²) in [7, 11) is -3.30. The maximum Gasteiger partial charge on any atom is 0.232 e. The highest BCUT2D eigenvalue weighted by Crippen LogP contribution is 2.13. The van der Waals surface area contributed by atoms with Gasteiger partial charge in [-0.1, -0.05) is 13.8 Å². The first-order valence-corrected chi connectivity index (χ1v) is 7.07. The lowest BCUT2D eigenvalue weighted by molar-refractivity contribution is 0.101. The van der Waals surface area contributed by atoms with Gasteiger partial charge in [0.1, 0.15) is 0 Å². The number of nitrogens with one attached hydrogen (secondary N) is 1. The zero-order valence-corrected chi connectivity index (χ0v) is 11.0. The third kappa shape index (κ3) is 4.56. The molecule has 0 radical (unpaired) electrons. The molecular weight excluding hydrogens is 238 g/mol. The van der Waals surface area contributed by atoms with Crippen LogP contribution in [-0.2, 0) is 10.0 Å². The lowest BCUT2D eigenvalue weighted by Crippen LogP contribution is -2.20. The van der Waals surface area contributed by atoms with E-state index in [4.69, 9.17) is 0 Å². The van der Waals surface area contributed by atoms with Gasteiger partial charge in [0.15, 0.2) is 5.78 Å². The molecule has 0 heterocycles. The molecule has 0 amide bonds. The first kappa shape index (κ1) is 13.7. The minimum Gasteiger partial charge on any atom is -0.295 e. The van der Waals surface area contributed by atoms with Gasteiger partial charge in [0, 0.05) is 11.3 Å². The van der Waals surface area contributed by atoms with Gasteiger partial charge in [-0.05, 0) is 37.1 Å². The first-order valence-electron chi connectivity index (χ1n) is 5.41. The van der Waals surface area contributed by atoms with Crippen LogP contribution < -0.4 is 4.72 Å². The van der Waals surface area contributed by atoms with Gasteiger partial charge < -0.3 is 0 Å². The van der Waals surface area contributed by atoms with E-state index in [1.165, 1.54) is 6.92 Å². The van der Waals surface area contributed by atoms with Crippen molar-refractivity contribution in [2.75, 3.05) is 10.5 Å². The minimum atomic E-state index is -3.30. The predicted octanol–water partition coefficient (Wildman–Crippen LogP) is 2.29. The summed E-state index contributed by atoms with van der Waals surface area (Å²) in [6.45, 7) is 5.16. The summed E-state index contributed by atoms with van der Waals surface area (Å²) < 4.78 is 25.8. The average molecular weight is 255 g/mol. The standard InChI is InChI=1S/C12H17NO3S/c1-9(2)8-17(15,16)13-12-6-4-11(5-7-12)10(3)14/h4-7,9,13H,8H2,1-3H3. The number of Topliss-reactive ketones (excluding diaryl/α,β-unsaturated/α-hetero) is 1. The molecule has 5 heteroatoms.